The molecule has 0 spiro atoms. The third-order valence-electron chi connectivity index (χ3n) is 4.95. The van der Waals surface area contributed by atoms with Crippen molar-refractivity contribution in [3.8, 4) is 5.75 Å². The first-order chi connectivity index (χ1) is 14.1. The van der Waals surface area contributed by atoms with Crippen LogP contribution >= 0.6 is 0 Å². The van der Waals surface area contributed by atoms with E-state index < -0.39 is 0 Å². The van der Waals surface area contributed by atoms with E-state index in [0.717, 1.165) is 24.2 Å². The molecule has 0 unspecified atom stereocenters. The van der Waals surface area contributed by atoms with E-state index in [1.54, 1.807) is 10.6 Å². The van der Waals surface area contributed by atoms with E-state index >= 15 is 0 Å². The lowest BCUT2D eigenvalue weighted by molar-refractivity contribution is -0.144. The molecular weight excluding hydrogens is 368 g/mol. The van der Waals surface area contributed by atoms with Crippen LogP contribution in [0.2, 0.25) is 0 Å². The van der Waals surface area contributed by atoms with Crippen LogP contribution in [-0.2, 0) is 16.0 Å². The number of fused-ring (bicyclic) bond motifs is 1. The molecule has 29 heavy (non-hydrogen) atoms. The number of hydrogen-bond acceptors (Lipinski definition) is 5. The third kappa shape index (κ3) is 4.65. The van der Waals surface area contributed by atoms with Gasteiger partial charge >= 0.3 is 5.97 Å². The largest absolute Gasteiger partial charge is 0.490 e. The summed E-state index contributed by atoms with van der Waals surface area (Å²) in [5, 5.41) is 0.624. The second-order valence-corrected chi connectivity index (χ2v) is 7.34. The molecule has 1 fully saturated rings. The molecule has 0 bridgehead atoms. The highest BCUT2D eigenvalue weighted by Gasteiger charge is 2.28. The predicted octanol–water partition coefficient (Wildman–Crippen LogP) is 3.59. The quantitative estimate of drug-likeness (QED) is 0.433. The maximum absolute atomic E-state index is 12.8. The molecule has 0 saturated heterocycles. The van der Waals surface area contributed by atoms with Crippen LogP contribution in [0.4, 0.5) is 0 Å². The van der Waals surface area contributed by atoms with Crippen molar-refractivity contribution in [2.75, 3.05) is 13.2 Å². The zero-order valence-corrected chi connectivity index (χ0v) is 16.5. The number of ether oxygens (including phenoxy) is 2. The highest BCUT2D eigenvalue weighted by atomic mass is 16.6. The SMILES string of the molecule is Cc1cccc(OCCOC(=O)CCc2nc3ccccc3c(=O)n2C2CC2)c1. The van der Waals surface area contributed by atoms with Crippen molar-refractivity contribution in [2.45, 2.75) is 38.6 Å². The molecule has 6 heteroatoms. The first-order valence-corrected chi connectivity index (χ1v) is 9.97. The summed E-state index contributed by atoms with van der Waals surface area (Å²) < 4.78 is 12.6. The number of hydrogen-bond donors (Lipinski definition) is 0. The Hall–Kier alpha value is -3.15. The molecule has 3 aromatic rings. The summed E-state index contributed by atoms with van der Waals surface area (Å²) in [6.45, 7) is 2.48. The summed E-state index contributed by atoms with van der Waals surface area (Å²) in [6.07, 6.45) is 2.53. The molecular formula is C23H24N2O4. The highest BCUT2D eigenvalue weighted by Crippen LogP contribution is 2.34. The molecule has 6 nitrogen and oxygen atoms in total. The molecule has 1 heterocycles. The number of rotatable bonds is 8. The van der Waals surface area contributed by atoms with Crippen LogP contribution in [0.1, 0.15) is 36.7 Å². The van der Waals surface area contributed by atoms with Crippen molar-refractivity contribution in [2.24, 2.45) is 0 Å². The number of aromatic nitrogens is 2. The fourth-order valence-corrected chi connectivity index (χ4v) is 3.38. The van der Waals surface area contributed by atoms with Crippen molar-refractivity contribution >= 4 is 16.9 Å². The maximum Gasteiger partial charge on any atom is 0.306 e. The fraction of sp³-hybridized carbons (Fsp3) is 0.348. The molecule has 1 aliphatic rings. The molecule has 1 saturated carbocycles. The molecule has 0 radical (unpaired) electrons. The Balaban J connectivity index is 1.34. The topological polar surface area (TPSA) is 70.4 Å². The highest BCUT2D eigenvalue weighted by molar-refractivity contribution is 5.77. The fourth-order valence-electron chi connectivity index (χ4n) is 3.38. The van der Waals surface area contributed by atoms with Crippen molar-refractivity contribution in [3.05, 3.63) is 70.3 Å². The lowest BCUT2D eigenvalue weighted by Crippen LogP contribution is -2.25. The normalized spacial score (nSPS) is 13.4. The van der Waals surface area contributed by atoms with Gasteiger partial charge in [-0.1, -0.05) is 24.3 Å². The van der Waals surface area contributed by atoms with E-state index in [-0.39, 0.29) is 30.6 Å². The van der Waals surface area contributed by atoms with Crippen molar-refractivity contribution < 1.29 is 14.3 Å². The van der Waals surface area contributed by atoms with Crippen LogP contribution in [0.5, 0.6) is 5.75 Å². The average Bonchev–Trinajstić information content (AvgIpc) is 3.55. The van der Waals surface area contributed by atoms with E-state index in [0.29, 0.717) is 29.8 Å². The smallest absolute Gasteiger partial charge is 0.306 e. The lowest BCUT2D eigenvalue weighted by Gasteiger charge is -2.13. The van der Waals surface area contributed by atoms with E-state index in [2.05, 4.69) is 4.98 Å². The van der Waals surface area contributed by atoms with Crippen molar-refractivity contribution in [1.29, 1.82) is 0 Å². The average molecular weight is 392 g/mol. The molecule has 1 aliphatic carbocycles. The van der Waals surface area contributed by atoms with Crippen LogP contribution in [0.25, 0.3) is 10.9 Å². The minimum absolute atomic E-state index is 0.0204. The summed E-state index contributed by atoms with van der Waals surface area (Å²) in [4.78, 5) is 29.6. The van der Waals surface area contributed by atoms with Crippen molar-refractivity contribution in [3.63, 3.8) is 0 Å². The zero-order chi connectivity index (χ0) is 20.2. The Kier molecular flexibility index (Phi) is 5.60. The molecule has 4 rings (SSSR count). The van der Waals surface area contributed by atoms with Gasteiger partial charge in [-0.15, -0.1) is 0 Å². The summed E-state index contributed by atoms with van der Waals surface area (Å²) in [6, 6.07) is 15.3. The summed E-state index contributed by atoms with van der Waals surface area (Å²) in [5.41, 5.74) is 1.77. The van der Waals surface area contributed by atoms with Gasteiger partial charge in [0.1, 0.15) is 24.8 Å². The van der Waals surface area contributed by atoms with Gasteiger partial charge in [0.2, 0.25) is 0 Å². The van der Waals surface area contributed by atoms with E-state index in [4.69, 9.17) is 9.47 Å². The molecule has 0 amide bonds. The van der Waals surface area contributed by atoms with Crippen LogP contribution in [0.3, 0.4) is 0 Å². The Bertz CT molecular complexity index is 1090. The molecule has 2 aromatic carbocycles. The first kappa shape index (κ1) is 19.2. The number of carbonyl (C=O) groups excluding carboxylic acids is 1. The Morgan fingerprint density at radius 3 is 2.76 bits per heavy atom. The number of nitrogens with zero attached hydrogens (tertiary/aromatic N) is 2. The van der Waals surface area contributed by atoms with Gasteiger partial charge in [-0.25, -0.2) is 4.98 Å². The Morgan fingerprint density at radius 2 is 1.97 bits per heavy atom. The van der Waals surface area contributed by atoms with Gasteiger partial charge in [0, 0.05) is 12.5 Å². The van der Waals surface area contributed by atoms with E-state index in [9.17, 15) is 9.59 Å². The Morgan fingerprint density at radius 1 is 1.14 bits per heavy atom. The molecule has 0 atom stereocenters. The lowest BCUT2D eigenvalue weighted by atomic mass is 10.2. The first-order valence-electron chi connectivity index (χ1n) is 9.97. The summed E-state index contributed by atoms with van der Waals surface area (Å²) in [7, 11) is 0. The molecule has 0 aliphatic heterocycles. The number of esters is 1. The van der Waals surface area contributed by atoms with Crippen LogP contribution in [0.15, 0.2) is 53.3 Å². The molecule has 1 aromatic heterocycles. The zero-order valence-electron chi connectivity index (χ0n) is 16.5. The van der Waals surface area contributed by atoms with Gasteiger partial charge in [-0.05, 0) is 49.6 Å². The molecule has 0 N–H and O–H groups in total. The summed E-state index contributed by atoms with van der Waals surface area (Å²) >= 11 is 0. The second kappa shape index (κ2) is 8.47. The van der Waals surface area contributed by atoms with Crippen LogP contribution in [-0.4, -0.2) is 28.7 Å². The van der Waals surface area contributed by atoms with E-state index in [1.165, 1.54) is 0 Å². The third-order valence-corrected chi connectivity index (χ3v) is 4.95. The van der Waals surface area contributed by atoms with Crippen molar-refractivity contribution in [1.82, 2.24) is 9.55 Å². The standard InChI is InChI=1S/C23H24N2O4/c1-16-5-4-6-18(15-16)28-13-14-29-22(26)12-11-21-24-20-8-3-2-7-19(20)23(27)25(21)17-9-10-17/h2-8,15,17H,9-14H2,1H3. The number of para-hydroxylation sites is 1. The second-order valence-electron chi connectivity index (χ2n) is 7.34. The van der Waals surface area contributed by atoms with Gasteiger partial charge in [0.05, 0.1) is 17.3 Å². The van der Waals surface area contributed by atoms with Gasteiger partial charge in [0.25, 0.3) is 5.56 Å². The minimum Gasteiger partial charge on any atom is -0.490 e. The van der Waals surface area contributed by atoms with Gasteiger partial charge in [0.15, 0.2) is 0 Å². The minimum atomic E-state index is -0.317. The number of carbonyl (C=O) groups is 1. The number of benzene rings is 2. The van der Waals surface area contributed by atoms with Gasteiger partial charge in [-0.2, -0.15) is 0 Å². The van der Waals surface area contributed by atoms with Crippen LogP contribution in [0, 0.1) is 6.92 Å². The van der Waals surface area contributed by atoms with E-state index in [1.807, 2.05) is 49.4 Å². The molecule has 150 valence electrons. The van der Waals surface area contributed by atoms with Gasteiger partial charge in [-0.3, -0.25) is 14.2 Å². The summed E-state index contributed by atoms with van der Waals surface area (Å²) in [5.74, 6) is 1.10. The van der Waals surface area contributed by atoms with Gasteiger partial charge < -0.3 is 9.47 Å². The number of aryl methyl sites for hydroxylation is 2. The maximum atomic E-state index is 12.8. The van der Waals surface area contributed by atoms with Crippen LogP contribution < -0.4 is 10.3 Å². The predicted molar refractivity (Wildman–Crippen MR) is 110 cm³/mol. The monoisotopic (exact) mass is 392 g/mol. The Labute approximate surface area is 169 Å².